The maximum Gasteiger partial charge on any atom is 0.148 e. The molecule has 0 fully saturated rings. The van der Waals surface area contributed by atoms with Gasteiger partial charge < -0.3 is 10.2 Å². The zero-order valence-corrected chi connectivity index (χ0v) is 82.3. The summed E-state index contributed by atoms with van der Waals surface area (Å²) in [4.78, 5) is 20.4. The van der Waals surface area contributed by atoms with Crippen molar-refractivity contribution in [3.8, 4) is 135 Å². The largest absolute Gasteiger partial charge is 0.507 e. The van der Waals surface area contributed by atoms with Gasteiger partial charge in [0.2, 0.25) is 0 Å². The fourth-order valence-corrected chi connectivity index (χ4v) is 16.0. The molecule has 8 nitrogen and oxygen atoms in total. The van der Waals surface area contributed by atoms with Crippen molar-refractivity contribution in [2.45, 2.75) is 223 Å². The molecule has 16 rings (SSSR count). The molecule has 0 saturated carbocycles. The van der Waals surface area contributed by atoms with Crippen LogP contribution in [0, 0.1) is 25.8 Å². The molecule has 0 aliphatic rings. The van der Waals surface area contributed by atoms with Gasteiger partial charge in [0.15, 0.2) is 0 Å². The van der Waals surface area contributed by atoms with E-state index >= 15 is 0 Å². The first-order valence-electron chi connectivity index (χ1n) is 51.7. The molecule has 0 aliphatic heterocycles. The maximum atomic E-state index is 12.6. The molecule has 0 atom stereocenters. The van der Waals surface area contributed by atoms with Crippen LogP contribution < -0.4 is 0 Å². The molecule has 2 N–H and O–H groups in total. The number of phenolic OH excluding ortho intramolecular Hbond substituents is 2. The first kappa shape index (κ1) is 73.7. The molecule has 0 unspecified atom stereocenters. The van der Waals surface area contributed by atoms with Crippen molar-refractivity contribution in [3.05, 3.63) is 335 Å². The summed E-state index contributed by atoms with van der Waals surface area (Å²) < 4.78 is 149. The molecular weight excluding hydrogens is 1920 g/mol. The van der Waals surface area contributed by atoms with E-state index in [1.54, 1.807) is 24.4 Å². The Kier molecular flexibility index (Phi) is 20.6. The van der Waals surface area contributed by atoms with Gasteiger partial charge in [-0.3, -0.25) is 19.1 Å². The average Bonchev–Trinajstić information content (AvgIpc) is 1.31. The number of para-hydroxylation sites is 2. The van der Waals surface area contributed by atoms with Crippen LogP contribution in [0.1, 0.15) is 245 Å². The summed E-state index contributed by atoms with van der Waals surface area (Å²) in [5, 5.41) is 25.1. The average molecular weight is 2070 g/mol. The Labute approximate surface area is 814 Å². The molecule has 0 amide bonds. The van der Waals surface area contributed by atoms with Crippen molar-refractivity contribution in [2.24, 2.45) is 0 Å². The van der Waals surface area contributed by atoms with Crippen molar-refractivity contribution in [1.82, 2.24) is 29.1 Å². The summed E-state index contributed by atoms with van der Waals surface area (Å²) in [6.45, 7) is 45.5. The van der Waals surface area contributed by atoms with Gasteiger partial charge in [0.25, 0.3) is 0 Å². The van der Waals surface area contributed by atoms with Gasteiger partial charge in [0.1, 0.15) is 23.1 Å². The molecule has 0 radical (unpaired) electrons. The number of pyridine rings is 2. The molecule has 0 aliphatic carbocycles. The Morgan fingerprint density at radius 1 is 0.305 bits per heavy atom. The number of rotatable bonds is 12. The van der Waals surface area contributed by atoms with Gasteiger partial charge in [-0.1, -0.05) is 369 Å². The molecule has 128 heavy (non-hydrogen) atoms. The van der Waals surface area contributed by atoms with E-state index < -0.39 is 113 Å². The van der Waals surface area contributed by atoms with Gasteiger partial charge in [0, 0.05) is 96.4 Å². The van der Waals surface area contributed by atoms with Gasteiger partial charge in [-0.15, -0.1) is 58.7 Å². The number of fused-ring (bicyclic) bond motifs is 2. The number of hydrogen-bond acceptors (Lipinski definition) is 6. The summed E-state index contributed by atoms with van der Waals surface area (Å²) in [6, 6.07) is 66.3. The monoisotopic (exact) mass is 2060 g/mol. The molecule has 16 aromatic rings. The number of benzene rings is 12. The van der Waals surface area contributed by atoms with Crippen LogP contribution >= 0.6 is 0 Å². The van der Waals surface area contributed by atoms with Gasteiger partial charge >= 0.3 is 0 Å². The Bertz CT molecular complexity index is 7720. The summed E-state index contributed by atoms with van der Waals surface area (Å²) in [5.41, 5.74) is 17.2. The number of nitrogens with zero attached hydrogens (tertiary/aromatic N) is 6. The molecule has 10 heteroatoms. The van der Waals surface area contributed by atoms with Crippen LogP contribution in [0.5, 0.6) is 11.5 Å². The number of imidazole rings is 2. The third kappa shape index (κ3) is 19.7. The molecule has 4 heterocycles. The standard InChI is InChI=1S/2C59H62N3O.2Pt/c2*1-37-22-24-38(25-23-37)40-28-29-60-50(33-40)42-30-41(31-44(32-42)57(5,6)7)46-20-17-21-52-53(46)61-55(48-35-45(58(8,9)10)36-49(54(48)63)59(11,12)13)62(52)51-27-26-43(56(2,3)4)34-47(51)39-18-15-14-16-19-39;;/h2*14-29,31-36,63H,1-13H3;;/q2*-1;;/i1D3,22D,23D,24D,25D,28D,29D,33D;1D3,22D,23D,24D,25D;;. The SMILES string of the molecule is [2H]c1c([2H])c(C([2H])([2H])[2H])c([2H])c([2H])c1-c1ccnc(-c2[c-]c(-c3cccc4c3nc(-c3cc(C(C)(C)C)cc(C(C)(C)C)c3O)n4-c3ccc(C(C)(C)C)cc3-c3ccccc3)cc(C(C)(C)C)c2)c1.[2H]c1nc(-c2[c-]c(-c3cccc4c3nc(-c3cc(C(C)(C)C)cc(C(C)(C)C)c3O)n4-c3ccc(C(C)(C)C)cc3-c3ccccc3)cc(C(C)(C)C)c2)c([2H])c(-c2c([2H])c([2H])c(C([2H])([2H])[2H])c([2H])c2[2H])c1[2H].[Pt].[Pt]. The van der Waals surface area contributed by atoms with Gasteiger partial charge in [-0.25, -0.2) is 9.97 Å². The second-order valence-electron chi connectivity index (χ2n) is 41.4. The topological polar surface area (TPSA) is 102 Å². The van der Waals surface area contributed by atoms with Gasteiger partial charge in [-0.05, 0) is 173 Å². The molecule has 0 saturated heterocycles. The van der Waals surface area contributed by atoms with E-state index in [9.17, 15) is 11.6 Å². The first-order chi connectivity index (χ1) is 66.2. The van der Waals surface area contributed by atoms with E-state index in [0.717, 1.165) is 94.7 Å². The van der Waals surface area contributed by atoms with Crippen LogP contribution in [0.2, 0.25) is 0 Å². The fraction of sp³-hybridized carbons (Fsp3) is 0.288. The normalized spacial score (nSPS) is 14.5. The van der Waals surface area contributed by atoms with E-state index in [0.29, 0.717) is 61.8 Å². The van der Waals surface area contributed by atoms with Crippen molar-refractivity contribution in [1.29, 1.82) is 0 Å². The van der Waals surface area contributed by atoms with E-state index in [2.05, 4.69) is 275 Å². The number of hydrogen-bond donors (Lipinski definition) is 2. The van der Waals surface area contributed by atoms with Crippen molar-refractivity contribution in [2.75, 3.05) is 0 Å². The summed E-state index contributed by atoms with van der Waals surface area (Å²) in [6.07, 6.45) is 0.970. The fourth-order valence-electron chi connectivity index (χ4n) is 16.0. The Morgan fingerprint density at radius 2 is 0.672 bits per heavy atom. The van der Waals surface area contributed by atoms with Gasteiger partial charge in [-0.2, -0.15) is 0 Å². The Hall–Kier alpha value is -11.1. The van der Waals surface area contributed by atoms with Crippen molar-refractivity contribution in [3.63, 3.8) is 0 Å². The smallest absolute Gasteiger partial charge is 0.148 e. The molecule has 12 aromatic carbocycles. The van der Waals surface area contributed by atoms with Crippen LogP contribution in [0.4, 0.5) is 0 Å². The number of phenols is 2. The molecular formula is C118H124N6O2Pt2-2. The summed E-state index contributed by atoms with van der Waals surface area (Å²) in [5.74, 6) is 1.40. The summed E-state index contributed by atoms with van der Waals surface area (Å²) >= 11 is 0. The molecule has 4 aromatic heterocycles. The van der Waals surface area contributed by atoms with Crippen LogP contribution in [0.3, 0.4) is 0 Å². The van der Waals surface area contributed by atoms with E-state index in [-0.39, 0.29) is 103 Å². The minimum Gasteiger partial charge on any atom is -0.507 e. The van der Waals surface area contributed by atoms with Crippen LogP contribution in [-0.2, 0) is 85.5 Å². The third-order valence-corrected chi connectivity index (χ3v) is 23.5. The summed E-state index contributed by atoms with van der Waals surface area (Å²) in [7, 11) is 0. The van der Waals surface area contributed by atoms with Crippen LogP contribution in [0.15, 0.2) is 267 Å². The Morgan fingerprint density at radius 3 is 1.05 bits per heavy atom. The van der Waals surface area contributed by atoms with E-state index in [1.807, 2.05) is 93.6 Å². The van der Waals surface area contributed by atoms with Crippen LogP contribution in [-0.4, -0.2) is 39.3 Å². The number of aromatic hydroxyl groups is 2. The Balaban J connectivity index is 0.000000240. The van der Waals surface area contributed by atoms with Crippen molar-refractivity contribution >= 4 is 22.1 Å². The molecule has 660 valence electrons. The van der Waals surface area contributed by atoms with Crippen molar-refractivity contribution < 1.29 is 75.6 Å². The zero-order valence-electron chi connectivity index (χ0n) is 94.8. The quantitative estimate of drug-likeness (QED) is 0.118. The maximum absolute atomic E-state index is 12.6. The van der Waals surface area contributed by atoms with E-state index in [1.165, 1.54) is 5.56 Å². The first-order valence-corrected chi connectivity index (χ1v) is 43.2. The predicted molar refractivity (Wildman–Crippen MR) is 532 cm³/mol. The molecule has 0 spiro atoms. The van der Waals surface area contributed by atoms with Gasteiger partial charge in [0.05, 0.1) is 59.6 Å². The second-order valence-corrected chi connectivity index (χ2v) is 41.4. The minimum absolute atomic E-state index is 0. The zero-order chi connectivity index (χ0) is 105. The minimum atomic E-state index is -2.97. The predicted octanol–water partition coefficient (Wildman–Crippen LogP) is 31.5. The third-order valence-electron chi connectivity index (χ3n) is 23.5. The van der Waals surface area contributed by atoms with E-state index in [4.69, 9.17) is 36.9 Å². The second kappa shape index (κ2) is 35.7. The molecule has 0 bridgehead atoms. The van der Waals surface area contributed by atoms with Crippen LogP contribution in [0.25, 0.3) is 145 Å². The number of aromatic nitrogens is 6.